The summed E-state index contributed by atoms with van der Waals surface area (Å²) in [5.41, 5.74) is 4.16. The van der Waals surface area contributed by atoms with Crippen molar-refractivity contribution in [3.05, 3.63) is 53.7 Å². The van der Waals surface area contributed by atoms with Crippen molar-refractivity contribution in [2.45, 2.75) is 26.3 Å². The highest BCUT2D eigenvalue weighted by Crippen LogP contribution is 2.47. The number of fused-ring (bicyclic) bond motifs is 1. The van der Waals surface area contributed by atoms with Crippen LogP contribution in [0.5, 0.6) is 0 Å². The average Bonchev–Trinajstić information content (AvgIpc) is 2.70. The van der Waals surface area contributed by atoms with Crippen LogP contribution in [0.3, 0.4) is 0 Å². The molecule has 1 unspecified atom stereocenters. The van der Waals surface area contributed by atoms with Crippen LogP contribution in [0.1, 0.15) is 31.0 Å². The van der Waals surface area contributed by atoms with Gasteiger partial charge in [-0.05, 0) is 35.1 Å². The number of aromatic nitrogens is 1. The summed E-state index contributed by atoms with van der Waals surface area (Å²) in [6, 6.07) is 13.2. The number of rotatable bonds is 3. The molecule has 0 amide bonds. The molecule has 3 heteroatoms. The summed E-state index contributed by atoms with van der Waals surface area (Å²) in [7, 11) is 4.06. The normalized spacial score (nSPS) is 19.1. The Morgan fingerprint density at radius 1 is 1.14 bits per heavy atom. The molecule has 1 aliphatic carbocycles. The minimum absolute atomic E-state index is 0.198. The number of hydrogen-bond acceptors (Lipinski definition) is 3. The van der Waals surface area contributed by atoms with E-state index in [9.17, 15) is 0 Å². The average molecular weight is 281 g/mol. The third kappa shape index (κ3) is 2.48. The fourth-order valence-electron chi connectivity index (χ4n) is 3.29. The number of nitrogens with zero attached hydrogens (tertiary/aromatic N) is 2. The molecule has 0 saturated heterocycles. The Labute approximate surface area is 127 Å². The van der Waals surface area contributed by atoms with Crippen molar-refractivity contribution in [3.8, 4) is 0 Å². The van der Waals surface area contributed by atoms with Gasteiger partial charge in [0, 0.05) is 20.3 Å². The molecule has 0 spiro atoms. The van der Waals surface area contributed by atoms with E-state index in [1.807, 2.05) is 26.4 Å². The van der Waals surface area contributed by atoms with Crippen LogP contribution in [-0.2, 0) is 6.42 Å². The predicted octanol–water partition coefficient (Wildman–Crippen LogP) is 3.88. The van der Waals surface area contributed by atoms with Gasteiger partial charge in [0.15, 0.2) is 5.82 Å². The Morgan fingerprint density at radius 3 is 2.67 bits per heavy atom. The molecule has 110 valence electrons. The maximum absolute atomic E-state index is 4.49. The first kappa shape index (κ1) is 13.9. The molecule has 3 nitrogen and oxygen atoms in total. The summed E-state index contributed by atoms with van der Waals surface area (Å²) in [4.78, 5) is 6.54. The second-order valence-corrected chi connectivity index (χ2v) is 6.71. The zero-order chi connectivity index (χ0) is 15.0. The summed E-state index contributed by atoms with van der Waals surface area (Å²) in [5.74, 6) is 0.984. The molecule has 0 aliphatic heterocycles. The topological polar surface area (TPSA) is 28.2 Å². The first-order valence-corrected chi connectivity index (χ1v) is 7.46. The number of benzene rings is 1. The Morgan fingerprint density at radius 2 is 1.90 bits per heavy atom. The quantitative estimate of drug-likeness (QED) is 0.925. The van der Waals surface area contributed by atoms with Crippen LogP contribution in [0.2, 0.25) is 0 Å². The second kappa shape index (κ2) is 5.06. The highest BCUT2D eigenvalue weighted by atomic mass is 15.2. The van der Waals surface area contributed by atoms with Crippen LogP contribution < -0.4 is 10.2 Å². The molecular formula is C18H23N3. The van der Waals surface area contributed by atoms with E-state index in [0.29, 0.717) is 6.04 Å². The number of hydrogen-bond donors (Lipinski definition) is 1. The summed E-state index contributed by atoms with van der Waals surface area (Å²) >= 11 is 0. The van der Waals surface area contributed by atoms with Crippen LogP contribution in [-0.4, -0.2) is 19.1 Å². The SMILES string of the molecule is CN(C)c1ncccc1NC1c2ccccc2CC1(C)C. The van der Waals surface area contributed by atoms with E-state index in [4.69, 9.17) is 0 Å². The largest absolute Gasteiger partial charge is 0.375 e. The van der Waals surface area contributed by atoms with Gasteiger partial charge in [0.2, 0.25) is 0 Å². The Bertz CT molecular complexity index is 646. The molecule has 2 aromatic rings. The van der Waals surface area contributed by atoms with Gasteiger partial charge in [-0.2, -0.15) is 0 Å². The fraction of sp³-hybridized carbons (Fsp3) is 0.389. The predicted molar refractivity (Wildman–Crippen MR) is 88.9 cm³/mol. The summed E-state index contributed by atoms with van der Waals surface area (Å²) in [6.07, 6.45) is 2.95. The van der Waals surface area contributed by atoms with Gasteiger partial charge in [-0.3, -0.25) is 0 Å². The Hall–Kier alpha value is -2.03. The van der Waals surface area contributed by atoms with Gasteiger partial charge in [-0.25, -0.2) is 4.98 Å². The van der Waals surface area contributed by atoms with Gasteiger partial charge in [-0.15, -0.1) is 0 Å². The van der Waals surface area contributed by atoms with E-state index >= 15 is 0 Å². The molecule has 0 radical (unpaired) electrons. The molecule has 21 heavy (non-hydrogen) atoms. The summed E-state index contributed by atoms with van der Waals surface area (Å²) in [6.45, 7) is 4.66. The molecule has 3 rings (SSSR count). The van der Waals surface area contributed by atoms with Crippen LogP contribution in [0.25, 0.3) is 0 Å². The lowest BCUT2D eigenvalue weighted by molar-refractivity contribution is 0.337. The number of nitrogens with one attached hydrogen (secondary N) is 1. The van der Waals surface area contributed by atoms with E-state index in [1.165, 1.54) is 11.1 Å². The molecule has 1 aromatic carbocycles. The van der Waals surface area contributed by atoms with Crippen LogP contribution in [0.4, 0.5) is 11.5 Å². The summed E-state index contributed by atoms with van der Waals surface area (Å²) in [5, 5.41) is 3.73. The van der Waals surface area contributed by atoms with E-state index in [1.54, 1.807) is 0 Å². The molecule has 0 fully saturated rings. The van der Waals surface area contributed by atoms with Gasteiger partial charge in [-0.1, -0.05) is 38.1 Å². The van der Waals surface area contributed by atoms with Crippen molar-refractivity contribution in [2.24, 2.45) is 5.41 Å². The van der Waals surface area contributed by atoms with Crippen molar-refractivity contribution in [1.29, 1.82) is 0 Å². The zero-order valence-electron chi connectivity index (χ0n) is 13.2. The van der Waals surface area contributed by atoms with Crippen molar-refractivity contribution in [1.82, 2.24) is 4.98 Å². The highest BCUT2D eigenvalue weighted by molar-refractivity contribution is 5.66. The zero-order valence-corrected chi connectivity index (χ0v) is 13.2. The van der Waals surface area contributed by atoms with Gasteiger partial charge in [0.1, 0.15) is 0 Å². The third-order valence-electron chi connectivity index (χ3n) is 4.30. The lowest BCUT2D eigenvalue weighted by Gasteiger charge is -2.30. The minimum atomic E-state index is 0.198. The molecular weight excluding hydrogens is 258 g/mol. The van der Waals surface area contributed by atoms with E-state index in [-0.39, 0.29) is 5.41 Å². The minimum Gasteiger partial charge on any atom is -0.375 e. The monoisotopic (exact) mass is 281 g/mol. The van der Waals surface area contributed by atoms with Gasteiger partial charge < -0.3 is 10.2 Å². The second-order valence-electron chi connectivity index (χ2n) is 6.71. The fourth-order valence-corrected chi connectivity index (χ4v) is 3.29. The molecule has 1 aromatic heterocycles. The van der Waals surface area contributed by atoms with Crippen molar-refractivity contribution < 1.29 is 0 Å². The molecule has 0 bridgehead atoms. The molecule has 1 atom stereocenters. The molecule has 1 aliphatic rings. The Balaban J connectivity index is 1.98. The van der Waals surface area contributed by atoms with E-state index < -0.39 is 0 Å². The highest BCUT2D eigenvalue weighted by Gasteiger charge is 2.38. The standard InChI is InChI=1S/C18H23N3/c1-18(2)12-13-8-5-6-9-14(13)16(18)20-15-10-7-11-19-17(15)21(3)4/h5-11,16,20H,12H2,1-4H3. The number of anilines is 2. The lowest BCUT2D eigenvalue weighted by atomic mass is 9.85. The first-order valence-electron chi connectivity index (χ1n) is 7.46. The maximum atomic E-state index is 4.49. The third-order valence-corrected chi connectivity index (χ3v) is 4.30. The van der Waals surface area contributed by atoms with E-state index in [0.717, 1.165) is 17.9 Å². The van der Waals surface area contributed by atoms with E-state index in [2.05, 4.69) is 59.4 Å². The summed E-state index contributed by atoms with van der Waals surface area (Å²) < 4.78 is 0. The maximum Gasteiger partial charge on any atom is 0.151 e. The molecule has 1 heterocycles. The van der Waals surface area contributed by atoms with Gasteiger partial charge in [0.05, 0.1) is 11.7 Å². The number of pyridine rings is 1. The van der Waals surface area contributed by atoms with Crippen LogP contribution in [0, 0.1) is 5.41 Å². The van der Waals surface area contributed by atoms with Gasteiger partial charge in [0.25, 0.3) is 0 Å². The van der Waals surface area contributed by atoms with Crippen molar-refractivity contribution in [2.75, 3.05) is 24.3 Å². The Kier molecular flexibility index (Phi) is 3.36. The van der Waals surface area contributed by atoms with Gasteiger partial charge >= 0.3 is 0 Å². The lowest BCUT2D eigenvalue weighted by Crippen LogP contribution is -2.25. The molecule has 0 saturated carbocycles. The molecule has 1 N–H and O–H groups in total. The van der Waals surface area contributed by atoms with Crippen molar-refractivity contribution in [3.63, 3.8) is 0 Å². The van der Waals surface area contributed by atoms with Crippen molar-refractivity contribution >= 4 is 11.5 Å². The first-order chi connectivity index (χ1) is 9.99. The van der Waals surface area contributed by atoms with Crippen LogP contribution in [0.15, 0.2) is 42.6 Å². The van der Waals surface area contributed by atoms with Crippen LogP contribution >= 0.6 is 0 Å². The smallest absolute Gasteiger partial charge is 0.151 e.